The van der Waals surface area contributed by atoms with Crippen LogP contribution in [0.4, 0.5) is 5.69 Å². The number of amides is 1. The molecule has 2 aromatic carbocycles. The van der Waals surface area contributed by atoms with Crippen molar-refractivity contribution in [1.29, 1.82) is 0 Å². The fraction of sp³-hybridized carbons (Fsp3) is 0.458. The maximum Gasteiger partial charge on any atom is 0.243 e. The summed E-state index contributed by atoms with van der Waals surface area (Å²) in [6, 6.07) is 10.6. The van der Waals surface area contributed by atoms with E-state index in [0.717, 1.165) is 30.4 Å². The highest BCUT2D eigenvalue weighted by Gasteiger charge is 2.27. The molecule has 2 aromatic rings. The van der Waals surface area contributed by atoms with E-state index < -0.39 is 10.0 Å². The molecule has 0 radical (unpaired) electrons. The largest absolute Gasteiger partial charge is 0.489 e. The van der Waals surface area contributed by atoms with Gasteiger partial charge in [-0.3, -0.25) is 4.79 Å². The van der Waals surface area contributed by atoms with Crippen molar-refractivity contribution in [2.24, 2.45) is 0 Å². The SMILES string of the molecule is Cc1ccc(CC(=O)Nc2cc(S(=O)(=O)N3CCCCC3)ccc2OC(C)C)cc1C. The minimum atomic E-state index is -3.61. The van der Waals surface area contributed by atoms with Gasteiger partial charge in [-0.05, 0) is 75.4 Å². The van der Waals surface area contributed by atoms with Crippen LogP contribution in [0.3, 0.4) is 0 Å². The first-order valence-corrected chi connectivity index (χ1v) is 12.3. The van der Waals surface area contributed by atoms with Crippen LogP contribution in [0.25, 0.3) is 0 Å². The first kappa shape index (κ1) is 23.3. The number of rotatable bonds is 7. The van der Waals surface area contributed by atoms with Gasteiger partial charge in [-0.1, -0.05) is 24.6 Å². The fourth-order valence-electron chi connectivity index (χ4n) is 3.67. The molecule has 1 amide bonds. The number of hydrogen-bond donors (Lipinski definition) is 1. The number of carbonyl (C=O) groups excluding carboxylic acids is 1. The van der Waals surface area contributed by atoms with Crippen molar-refractivity contribution < 1.29 is 17.9 Å². The lowest BCUT2D eigenvalue weighted by Crippen LogP contribution is -2.35. The highest BCUT2D eigenvalue weighted by molar-refractivity contribution is 7.89. The third-order valence-electron chi connectivity index (χ3n) is 5.48. The average molecular weight is 445 g/mol. The van der Waals surface area contributed by atoms with Gasteiger partial charge in [-0.2, -0.15) is 4.31 Å². The van der Waals surface area contributed by atoms with E-state index in [1.807, 2.05) is 45.9 Å². The van der Waals surface area contributed by atoms with Gasteiger partial charge in [-0.25, -0.2) is 8.42 Å². The summed E-state index contributed by atoms with van der Waals surface area (Å²) in [5.74, 6) is 0.241. The lowest BCUT2D eigenvalue weighted by molar-refractivity contribution is -0.115. The first-order valence-electron chi connectivity index (χ1n) is 10.8. The molecule has 0 spiro atoms. The van der Waals surface area contributed by atoms with Gasteiger partial charge in [0, 0.05) is 13.1 Å². The summed E-state index contributed by atoms with van der Waals surface area (Å²) in [4.78, 5) is 12.9. The number of piperidine rings is 1. The van der Waals surface area contributed by atoms with E-state index in [-0.39, 0.29) is 23.3 Å². The lowest BCUT2D eigenvalue weighted by atomic mass is 10.0. The monoisotopic (exact) mass is 444 g/mol. The van der Waals surface area contributed by atoms with Crippen LogP contribution < -0.4 is 10.1 Å². The van der Waals surface area contributed by atoms with E-state index in [9.17, 15) is 13.2 Å². The molecule has 0 unspecified atom stereocenters. The van der Waals surface area contributed by atoms with E-state index in [1.54, 1.807) is 12.1 Å². The van der Waals surface area contributed by atoms with Crippen LogP contribution in [-0.2, 0) is 21.2 Å². The first-order chi connectivity index (χ1) is 14.7. The number of nitrogens with zero attached hydrogens (tertiary/aromatic N) is 1. The van der Waals surface area contributed by atoms with Crippen LogP contribution in [0.15, 0.2) is 41.3 Å². The second-order valence-corrected chi connectivity index (χ2v) is 10.4. The van der Waals surface area contributed by atoms with Gasteiger partial charge in [0.05, 0.1) is 23.1 Å². The molecule has 0 atom stereocenters. The molecule has 0 saturated carbocycles. The maximum absolute atomic E-state index is 13.1. The van der Waals surface area contributed by atoms with Crippen LogP contribution in [0.2, 0.25) is 0 Å². The smallest absolute Gasteiger partial charge is 0.243 e. The van der Waals surface area contributed by atoms with Crippen molar-refractivity contribution in [3.63, 3.8) is 0 Å². The fourth-order valence-corrected chi connectivity index (χ4v) is 5.22. The highest BCUT2D eigenvalue weighted by atomic mass is 32.2. The van der Waals surface area contributed by atoms with E-state index >= 15 is 0 Å². The number of carbonyl (C=O) groups is 1. The molecule has 7 heteroatoms. The van der Waals surface area contributed by atoms with E-state index in [2.05, 4.69) is 5.32 Å². The summed E-state index contributed by atoms with van der Waals surface area (Å²) >= 11 is 0. The van der Waals surface area contributed by atoms with E-state index in [0.29, 0.717) is 24.5 Å². The molecule has 168 valence electrons. The van der Waals surface area contributed by atoms with Crippen LogP contribution in [0, 0.1) is 13.8 Å². The Balaban J connectivity index is 1.86. The number of anilines is 1. The minimum absolute atomic E-state index is 0.111. The third-order valence-corrected chi connectivity index (χ3v) is 7.37. The Morgan fingerprint density at radius 1 is 1.03 bits per heavy atom. The van der Waals surface area contributed by atoms with Crippen molar-refractivity contribution in [1.82, 2.24) is 4.31 Å². The van der Waals surface area contributed by atoms with Crippen molar-refractivity contribution in [3.05, 3.63) is 53.1 Å². The van der Waals surface area contributed by atoms with Gasteiger partial charge in [0.2, 0.25) is 15.9 Å². The second-order valence-electron chi connectivity index (χ2n) is 8.43. The molecule has 6 nitrogen and oxygen atoms in total. The van der Waals surface area contributed by atoms with Gasteiger partial charge in [0.15, 0.2) is 0 Å². The van der Waals surface area contributed by atoms with Crippen molar-refractivity contribution >= 4 is 21.6 Å². The molecule has 0 bridgehead atoms. The van der Waals surface area contributed by atoms with Crippen LogP contribution in [-0.4, -0.2) is 37.8 Å². The van der Waals surface area contributed by atoms with E-state index in [4.69, 9.17) is 4.74 Å². The number of ether oxygens (including phenoxy) is 1. The predicted octanol–water partition coefficient (Wildman–Crippen LogP) is 4.45. The average Bonchev–Trinajstić information content (AvgIpc) is 2.72. The van der Waals surface area contributed by atoms with Gasteiger partial charge in [-0.15, -0.1) is 0 Å². The Morgan fingerprint density at radius 3 is 2.39 bits per heavy atom. The van der Waals surface area contributed by atoms with Crippen molar-refractivity contribution in [3.8, 4) is 5.75 Å². The molecule has 1 saturated heterocycles. The molecule has 1 fully saturated rings. The zero-order valence-electron chi connectivity index (χ0n) is 18.8. The Hall–Kier alpha value is -2.38. The lowest BCUT2D eigenvalue weighted by Gasteiger charge is -2.26. The summed E-state index contributed by atoms with van der Waals surface area (Å²) in [6.45, 7) is 8.88. The Kier molecular flexibility index (Phi) is 7.38. The summed E-state index contributed by atoms with van der Waals surface area (Å²) < 4.78 is 33.5. The van der Waals surface area contributed by atoms with Gasteiger partial charge >= 0.3 is 0 Å². The molecule has 3 rings (SSSR count). The normalized spacial score (nSPS) is 15.1. The molecule has 0 aliphatic carbocycles. The van der Waals surface area contributed by atoms with E-state index in [1.165, 1.54) is 15.9 Å². The number of aryl methyl sites for hydroxylation is 2. The van der Waals surface area contributed by atoms with Crippen LogP contribution >= 0.6 is 0 Å². The molecular weight excluding hydrogens is 412 g/mol. The van der Waals surface area contributed by atoms with Crippen molar-refractivity contribution in [2.45, 2.75) is 64.4 Å². The molecule has 1 aliphatic heterocycles. The number of benzene rings is 2. The second kappa shape index (κ2) is 9.83. The Bertz CT molecular complexity index is 1040. The van der Waals surface area contributed by atoms with Gasteiger partial charge in [0.25, 0.3) is 0 Å². The summed E-state index contributed by atoms with van der Waals surface area (Å²) in [6.07, 6.45) is 2.87. The number of nitrogens with one attached hydrogen (secondary N) is 1. The van der Waals surface area contributed by atoms with Crippen molar-refractivity contribution in [2.75, 3.05) is 18.4 Å². The Morgan fingerprint density at radius 2 is 1.74 bits per heavy atom. The number of sulfonamides is 1. The molecule has 0 aromatic heterocycles. The molecule has 31 heavy (non-hydrogen) atoms. The number of hydrogen-bond acceptors (Lipinski definition) is 4. The molecule has 1 N–H and O–H groups in total. The van der Waals surface area contributed by atoms with Gasteiger partial charge in [0.1, 0.15) is 5.75 Å². The highest BCUT2D eigenvalue weighted by Crippen LogP contribution is 2.31. The zero-order chi connectivity index (χ0) is 22.6. The standard InChI is InChI=1S/C24H32N2O4S/c1-17(2)30-23-11-10-21(31(28,29)26-12-6-5-7-13-26)16-22(23)25-24(27)15-20-9-8-18(3)19(4)14-20/h8-11,14,16-17H,5-7,12-13,15H2,1-4H3,(H,25,27). The predicted molar refractivity (Wildman–Crippen MR) is 123 cm³/mol. The van der Waals surface area contributed by atoms with Gasteiger partial charge < -0.3 is 10.1 Å². The summed E-state index contributed by atoms with van der Waals surface area (Å²) in [7, 11) is -3.61. The quantitative estimate of drug-likeness (QED) is 0.685. The molecular formula is C24H32N2O4S. The summed E-state index contributed by atoms with van der Waals surface area (Å²) in [5.41, 5.74) is 3.58. The Labute approximate surface area is 185 Å². The molecule has 1 heterocycles. The topological polar surface area (TPSA) is 75.7 Å². The summed E-state index contributed by atoms with van der Waals surface area (Å²) in [5, 5.41) is 2.87. The van der Waals surface area contributed by atoms with Crippen LogP contribution in [0.5, 0.6) is 5.75 Å². The zero-order valence-corrected chi connectivity index (χ0v) is 19.6. The minimum Gasteiger partial charge on any atom is -0.489 e. The molecule has 1 aliphatic rings. The maximum atomic E-state index is 13.1. The van der Waals surface area contributed by atoms with Crippen LogP contribution in [0.1, 0.15) is 49.8 Å². The third kappa shape index (κ3) is 5.86.